The summed E-state index contributed by atoms with van der Waals surface area (Å²) in [6, 6.07) is 18.1. The van der Waals surface area contributed by atoms with E-state index in [1.165, 1.54) is 17.0 Å². The van der Waals surface area contributed by atoms with Crippen LogP contribution < -0.4 is 10.1 Å². The van der Waals surface area contributed by atoms with Crippen LogP contribution in [0.2, 0.25) is 5.02 Å². The number of aliphatic imine (C=N–C) groups is 1. The molecule has 1 aliphatic heterocycles. The summed E-state index contributed by atoms with van der Waals surface area (Å²) in [6.07, 6.45) is -4.66. The molecule has 1 saturated heterocycles. The molecule has 1 unspecified atom stereocenters. The maximum absolute atomic E-state index is 13.3. The van der Waals surface area contributed by atoms with Crippen LogP contribution in [0.4, 0.5) is 24.5 Å². The van der Waals surface area contributed by atoms with Crippen molar-refractivity contribution in [1.82, 2.24) is 4.90 Å². The van der Waals surface area contributed by atoms with Crippen LogP contribution in [-0.4, -0.2) is 33.7 Å². The van der Waals surface area contributed by atoms with Gasteiger partial charge in [0.1, 0.15) is 11.0 Å². The minimum Gasteiger partial charge on any atom is -0.494 e. The lowest BCUT2D eigenvalue weighted by molar-refractivity contribution is -0.137. The van der Waals surface area contributed by atoms with Gasteiger partial charge in [-0.2, -0.15) is 13.2 Å². The molecule has 1 heterocycles. The highest BCUT2D eigenvalue weighted by Gasteiger charge is 2.36. The number of amidine groups is 1. The van der Waals surface area contributed by atoms with Crippen LogP contribution in [0.1, 0.15) is 24.5 Å². The van der Waals surface area contributed by atoms with E-state index in [4.69, 9.17) is 16.3 Å². The second-order valence-corrected chi connectivity index (χ2v) is 9.91. The number of hydrogen-bond acceptors (Lipinski definition) is 5. The largest absolute Gasteiger partial charge is 0.494 e. The van der Waals surface area contributed by atoms with Gasteiger partial charge in [-0.3, -0.25) is 14.5 Å². The first-order chi connectivity index (χ1) is 18.1. The number of halogens is 4. The van der Waals surface area contributed by atoms with E-state index in [1.54, 1.807) is 48.5 Å². The molecule has 198 valence electrons. The van der Waals surface area contributed by atoms with Crippen LogP contribution in [0.3, 0.4) is 0 Å². The maximum Gasteiger partial charge on any atom is 0.416 e. The fourth-order valence-electron chi connectivity index (χ4n) is 3.66. The Morgan fingerprint density at radius 1 is 1.13 bits per heavy atom. The molecule has 0 aliphatic carbocycles. The van der Waals surface area contributed by atoms with Crippen molar-refractivity contribution >= 4 is 51.7 Å². The molecule has 4 rings (SSSR count). The summed E-state index contributed by atoms with van der Waals surface area (Å²) >= 11 is 6.99. The maximum atomic E-state index is 13.3. The molecule has 11 heteroatoms. The van der Waals surface area contributed by atoms with E-state index in [1.807, 2.05) is 6.92 Å². The molecule has 1 fully saturated rings. The Balaban J connectivity index is 1.60. The molecule has 3 aromatic carbocycles. The number of amides is 2. The summed E-state index contributed by atoms with van der Waals surface area (Å²) in [5.41, 5.74) is 0.424. The second-order valence-electron chi connectivity index (χ2n) is 8.31. The number of anilines is 1. The molecule has 1 aliphatic rings. The zero-order chi connectivity index (χ0) is 27.3. The number of rotatable bonds is 7. The van der Waals surface area contributed by atoms with Crippen molar-refractivity contribution in [3.05, 3.63) is 88.9 Å². The number of carbonyl (C=O) groups excluding carboxylic acids is 2. The first-order valence-corrected chi connectivity index (χ1v) is 12.9. The van der Waals surface area contributed by atoms with E-state index in [0.29, 0.717) is 23.1 Å². The summed E-state index contributed by atoms with van der Waals surface area (Å²) in [7, 11) is 0. The first-order valence-electron chi connectivity index (χ1n) is 11.6. The summed E-state index contributed by atoms with van der Waals surface area (Å²) in [4.78, 5) is 32.0. The van der Waals surface area contributed by atoms with E-state index in [2.05, 4.69) is 10.3 Å². The average molecular weight is 562 g/mol. The molecular weight excluding hydrogens is 539 g/mol. The fourth-order valence-corrected chi connectivity index (χ4v) is 4.88. The highest BCUT2D eigenvalue weighted by molar-refractivity contribution is 8.15. The van der Waals surface area contributed by atoms with Gasteiger partial charge in [0.2, 0.25) is 11.8 Å². The van der Waals surface area contributed by atoms with E-state index in [9.17, 15) is 22.8 Å². The molecule has 2 amide bonds. The molecule has 38 heavy (non-hydrogen) atoms. The number of thioether (sulfide) groups is 1. The number of ether oxygens (including phenoxy) is 1. The number of alkyl halides is 3. The van der Waals surface area contributed by atoms with Crippen molar-refractivity contribution in [3.8, 4) is 5.75 Å². The van der Waals surface area contributed by atoms with E-state index in [-0.39, 0.29) is 29.7 Å². The van der Waals surface area contributed by atoms with Crippen LogP contribution in [0.25, 0.3) is 0 Å². The Morgan fingerprint density at radius 3 is 2.50 bits per heavy atom. The van der Waals surface area contributed by atoms with E-state index in [0.717, 1.165) is 29.5 Å². The Hall–Kier alpha value is -3.50. The van der Waals surface area contributed by atoms with Crippen molar-refractivity contribution in [3.63, 3.8) is 0 Å². The van der Waals surface area contributed by atoms with Crippen molar-refractivity contribution in [2.24, 2.45) is 4.99 Å². The molecule has 0 spiro atoms. The Kier molecular flexibility index (Phi) is 8.63. The number of hydrogen-bond donors (Lipinski definition) is 1. The predicted molar refractivity (Wildman–Crippen MR) is 143 cm³/mol. The third-order valence-electron chi connectivity index (χ3n) is 5.52. The molecule has 0 aromatic heterocycles. The Morgan fingerprint density at radius 2 is 1.84 bits per heavy atom. The van der Waals surface area contributed by atoms with Gasteiger partial charge in [-0.15, -0.1) is 0 Å². The smallest absolute Gasteiger partial charge is 0.416 e. The molecule has 1 N–H and O–H groups in total. The Labute approximate surface area is 226 Å². The standard InChI is InChI=1S/C27H23ClF3N3O3S/c1-2-37-22-12-10-20(11-13-22)32-25(36)23-15-24(35)34(16-17-6-8-19(28)9-7-17)26(38-23)33-21-5-3-4-18(14-21)27(29,30)31/h3-14,23H,2,15-16H2,1H3,(H,32,36). The number of nitrogens with zero attached hydrogens (tertiary/aromatic N) is 2. The first kappa shape index (κ1) is 27.5. The van der Waals surface area contributed by atoms with Gasteiger partial charge < -0.3 is 10.1 Å². The van der Waals surface area contributed by atoms with Crippen molar-refractivity contribution in [1.29, 1.82) is 0 Å². The quantitative estimate of drug-likeness (QED) is 0.340. The third-order valence-corrected chi connectivity index (χ3v) is 6.96. The lowest BCUT2D eigenvalue weighted by atomic mass is 10.2. The topological polar surface area (TPSA) is 71.0 Å². The van der Waals surface area contributed by atoms with Crippen LogP contribution in [0.15, 0.2) is 77.8 Å². The average Bonchev–Trinajstić information content (AvgIpc) is 2.88. The molecule has 1 atom stereocenters. The zero-order valence-corrected chi connectivity index (χ0v) is 21.7. The fraction of sp³-hybridized carbons (Fsp3) is 0.222. The van der Waals surface area contributed by atoms with E-state index < -0.39 is 22.9 Å². The molecule has 0 saturated carbocycles. The van der Waals surface area contributed by atoms with Gasteiger partial charge in [-0.25, -0.2) is 4.99 Å². The predicted octanol–water partition coefficient (Wildman–Crippen LogP) is 6.92. The molecular formula is C27H23ClF3N3O3S. The van der Waals surface area contributed by atoms with Crippen LogP contribution >= 0.6 is 23.4 Å². The van der Waals surface area contributed by atoms with E-state index >= 15 is 0 Å². The number of benzene rings is 3. The van der Waals surface area contributed by atoms with Gasteiger partial charge in [0, 0.05) is 17.1 Å². The van der Waals surface area contributed by atoms with Gasteiger partial charge >= 0.3 is 6.18 Å². The van der Waals surface area contributed by atoms with Crippen molar-refractivity contribution < 1.29 is 27.5 Å². The summed E-state index contributed by atoms with van der Waals surface area (Å²) in [5, 5.41) is 2.60. The molecule has 6 nitrogen and oxygen atoms in total. The lowest BCUT2D eigenvalue weighted by Crippen LogP contribution is -2.44. The third kappa shape index (κ3) is 7.08. The molecule has 0 radical (unpaired) electrons. The second kappa shape index (κ2) is 11.9. The van der Waals surface area contributed by atoms with Crippen LogP contribution in [0, 0.1) is 0 Å². The highest BCUT2D eigenvalue weighted by atomic mass is 35.5. The summed E-state index contributed by atoms with van der Waals surface area (Å²) in [6.45, 7) is 2.49. The van der Waals surface area contributed by atoms with Crippen molar-refractivity contribution in [2.45, 2.75) is 31.3 Å². The summed E-state index contributed by atoms with van der Waals surface area (Å²) < 4.78 is 45.2. The van der Waals surface area contributed by atoms with Gasteiger partial charge in [0.25, 0.3) is 0 Å². The highest BCUT2D eigenvalue weighted by Crippen LogP contribution is 2.34. The zero-order valence-electron chi connectivity index (χ0n) is 20.2. The minimum atomic E-state index is -4.55. The van der Waals surface area contributed by atoms with Crippen LogP contribution in [-0.2, 0) is 22.3 Å². The molecule has 0 bridgehead atoms. The molecule has 3 aromatic rings. The SMILES string of the molecule is CCOc1ccc(NC(=O)C2CC(=O)N(Cc3ccc(Cl)cc3)C(=Nc3cccc(C(F)(F)F)c3)S2)cc1. The van der Waals surface area contributed by atoms with Crippen molar-refractivity contribution in [2.75, 3.05) is 11.9 Å². The monoisotopic (exact) mass is 561 g/mol. The Bertz CT molecular complexity index is 1330. The van der Waals surface area contributed by atoms with Gasteiger partial charge in [0.05, 0.1) is 24.4 Å². The van der Waals surface area contributed by atoms with Crippen LogP contribution in [0.5, 0.6) is 5.75 Å². The van der Waals surface area contributed by atoms with Gasteiger partial charge in [-0.1, -0.05) is 41.6 Å². The van der Waals surface area contributed by atoms with Gasteiger partial charge in [0.15, 0.2) is 5.17 Å². The number of nitrogens with one attached hydrogen (secondary N) is 1. The van der Waals surface area contributed by atoms with Gasteiger partial charge in [-0.05, 0) is 67.1 Å². The lowest BCUT2D eigenvalue weighted by Gasteiger charge is -2.32. The normalized spacial score (nSPS) is 17.0. The number of carbonyl (C=O) groups is 2. The minimum absolute atomic E-state index is 0.0174. The summed E-state index contributed by atoms with van der Waals surface area (Å²) in [5.74, 6) is -0.146.